The molecule has 1 atom stereocenters. The fourth-order valence-corrected chi connectivity index (χ4v) is 5.71. The third-order valence-electron chi connectivity index (χ3n) is 6.05. The summed E-state index contributed by atoms with van der Waals surface area (Å²) < 4.78 is 1.29. The first-order valence-corrected chi connectivity index (χ1v) is 11.6. The predicted octanol–water partition coefficient (Wildman–Crippen LogP) is 7.35. The van der Waals surface area contributed by atoms with Gasteiger partial charge in [-0.05, 0) is 17.2 Å². The van der Waals surface area contributed by atoms with Crippen LogP contribution in [0, 0.1) is 6.07 Å². The predicted molar refractivity (Wildman–Crippen MR) is 136 cm³/mol. The molecule has 1 aliphatic heterocycles. The Labute approximate surface area is 192 Å². The minimum atomic E-state index is -0.0817. The maximum atomic E-state index is 5.28. The van der Waals surface area contributed by atoms with Gasteiger partial charge in [-0.1, -0.05) is 72.8 Å². The summed E-state index contributed by atoms with van der Waals surface area (Å²) in [5.74, 6) is 0. The molecule has 1 unspecified atom stereocenters. The van der Waals surface area contributed by atoms with E-state index in [9.17, 15) is 0 Å². The average Bonchev–Trinajstić information content (AvgIpc) is 3.26. The summed E-state index contributed by atoms with van der Waals surface area (Å²) in [5, 5.41) is 1.29. The molecule has 0 N–H and O–H groups in total. The Kier molecular flexibility index (Phi) is 4.96. The quantitative estimate of drug-likeness (QED) is 0.180. The Bertz CT molecular complexity index is 1420. The zero-order valence-electron chi connectivity index (χ0n) is 18.4. The van der Waals surface area contributed by atoms with Crippen LogP contribution in [0.25, 0.3) is 21.2 Å². The van der Waals surface area contributed by atoms with E-state index >= 15 is 0 Å². The van der Waals surface area contributed by atoms with Gasteiger partial charge in [0.2, 0.25) is 0 Å². The molecule has 0 fully saturated rings. The van der Waals surface area contributed by atoms with Crippen molar-refractivity contribution in [1.82, 2.24) is 0 Å². The second-order valence-electron chi connectivity index (χ2n) is 8.02. The number of thiophene rings is 1. The molecule has 0 saturated carbocycles. The maximum Gasteiger partial charge on any atom is 0.102 e. The molecule has 0 amide bonds. The van der Waals surface area contributed by atoms with E-state index in [4.69, 9.17) is 4.99 Å². The van der Waals surface area contributed by atoms with E-state index in [2.05, 4.69) is 103 Å². The normalized spacial score (nSPS) is 15.0. The zero-order chi connectivity index (χ0) is 21.5. The third-order valence-corrected chi connectivity index (χ3v) is 7.22. The first kappa shape index (κ1) is 20.2. The average molecular weight is 700 g/mol. The van der Waals surface area contributed by atoms with Crippen LogP contribution in [0.4, 0.5) is 5.69 Å². The Morgan fingerprint density at radius 3 is 2.24 bits per heavy atom. The van der Waals surface area contributed by atoms with E-state index in [0.717, 1.165) is 16.8 Å². The number of nitrogens with zero attached hydrogens (tertiary/aromatic N) is 2. The van der Waals surface area contributed by atoms with Crippen molar-refractivity contribution in [3.8, 4) is 11.1 Å². The van der Waals surface area contributed by atoms with Crippen molar-refractivity contribution in [2.45, 2.75) is 6.17 Å². The minimum Gasteiger partial charge on any atom is -0.357 e. The van der Waals surface area contributed by atoms with Gasteiger partial charge >= 0.3 is 0 Å². The number of benzene rings is 4. The first-order valence-electron chi connectivity index (χ1n) is 10.7. The van der Waals surface area contributed by atoms with Crippen LogP contribution in [-0.4, -0.2) is 12.8 Å². The molecule has 4 heteroatoms. The molecule has 6 rings (SSSR count). The van der Waals surface area contributed by atoms with E-state index in [1.807, 2.05) is 29.5 Å². The van der Waals surface area contributed by atoms with E-state index in [-0.39, 0.29) is 6.17 Å². The van der Waals surface area contributed by atoms with Crippen LogP contribution in [0.2, 0.25) is 0 Å². The monoisotopic (exact) mass is 699 g/mol. The van der Waals surface area contributed by atoms with Gasteiger partial charge in [0.25, 0.3) is 0 Å². The van der Waals surface area contributed by atoms with E-state index in [0.29, 0.717) is 0 Å². The molecule has 0 radical (unpaired) electrons. The van der Waals surface area contributed by atoms with Crippen molar-refractivity contribution in [2.75, 3.05) is 11.9 Å². The van der Waals surface area contributed by atoms with Crippen molar-refractivity contribution in [2.24, 2.45) is 4.99 Å². The molecular formula is C29H21BhN2S-. The van der Waals surface area contributed by atoms with Crippen LogP contribution >= 0.6 is 11.3 Å². The second-order valence-corrected chi connectivity index (χ2v) is 9.07. The van der Waals surface area contributed by atoms with Crippen LogP contribution < -0.4 is 4.90 Å². The van der Waals surface area contributed by atoms with Gasteiger partial charge in [0.05, 0.1) is 16.3 Å². The first-order chi connectivity index (χ1) is 15.8. The van der Waals surface area contributed by atoms with Crippen molar-refractivity contribution in [3.05, 3.63) is 125 Å². The van der Waals surface area contributed by atoms with E-state index < -0.39 is 0 Å². The number of fused-ring (bicyclic) bond motifs is 3. The van der Waals surface area contributed by atoms with Gasteiger partial charge in [-0.15, -0.1) is 16.9 Å². The van der Waals surface area contributed by atoms with Crippen LogP contribution in [-0.2, 0) is 0 Å². The fraction of sp³-hybridized carbons (Fsp3) is 0.0690. The summed E-state index contributed by atoms with van der Waals surface area (Å²) in [4.78, 5) is 8.81. The number of hydrogen-bond acceptors (Lipinski definition) is 3. The fourth-order valence-electron chi connectivity index (χ4n) is 4.46. The molecule has 0 saturated heterocycles. The van der Waals surface area contributed by atoms with Crippen molar-refractivity contribution < 1.29 is 0 Å². The molecule has 2 nitrogen and oxygen atoms in total. The van der Waals surface area contributed by atoms with Gasteiger partial charge in [-0.25, -0.2) is 0 Å². The Morgan fingerprint density at radius 2 is 1.48 bits per heavy atom. The Balaban J connectivity index is 0.00000228. The molecule has 1 aromatic heterocycles. The largest absolute Gasteiger partial charge is 0.357 e. The van der Waals surface area contributed by atoms with Gasteiger partial charge in [0, 0.05) is 22.7 Å². The summed E-state index contributed by atoms with van der Waals surface area (Å²) in [6, 6.07) is 39.3. The molecule has 0 bridgehead atoms. The molecule has 0 spiro atoms. The van der Waals surface area contributed by atoms with E-state index in [1.165, 1.54) is 31.8 Å². The Hall–Kier alpha value is -4.69. The Morgan fingerprint density at radius 1 is 0.788 bits per heavy atom. The molecule has 5 aromatic rings. The second kappa shape index (κ2) is 8.10. The van der Waals surface area contributed by atoms with Gasteiger partial charge in [0.15, 0.2) is 0 Å². The van der Waals surface area contributed by atoms with Gasteiger partial charge in [-0.3, -0.25) is 4.99 Å². The molecular weight excluding hydrogens is 678 g/mol. The SMILES string of the molecule is CN1c2c(sc3ccccc23)C(c2ccc(-c3ccccc3)cc2)=NC1c1c[c-]ccc1.[Bh]. The molecule has 156 valence electrons. The third kappa shape index (κ3) is 3.35. The number of rotatable bonds is 3. The minimum absolute atomic E-state index is 0. The van der Waals surface area contributed by atoms with Crippen LogP contribution in [0.3, 0.4) is 0 Å². The van der Waals surface area contributed by atoms with Crippen LogP contribution in [0.15, 0.2) is 108 Å². The molecule has 33 heavy (non-hydrogen) atoms. The molecule has 4 aromatic carbocycles. The molecule has 1 aliphatic rings. The summed E-state index contributed by atoms with van der Waals surface area (Å²) >= 11 is 1.82. The van der Waals surface area contributed by atoms with Gasteiger partial charge in [-0.2, -0.15) is 30.3 Å². The molecule has 2 heterocycles. The number of anilines is 1. The van der Waals surface area contributed by atoms with Crippen LogP contribution in [0.1, 0.15) is 22.2 Å². The standard InChI is InChI=1S/C29H21N2S.Bh/c1-31-27-24-14-8-9-15-25(24)32-28(27)26(30-29(31)23-12-6-3-7-13-23)22-18-16-21(17-19-22)20-10-4-2-5-11-20;/h2-6,8-19,29H,1H3;/q-1;. The summed E-state index contributed by atoms with van der Waals surface area (Å²) in [6.07, 6.45) is -0.0817. The summed E-state index contributed by atoms with van der Waals surface area (Å²) in [6.45, 7) is 0. The van der Waals surface area contributed by atoms with Gasteiger partial charge < -0.3 is 4.90 Å². The summed E-state index contributed by atoms with van der Waals surface area (Å²) in [7, 11) is 2.15. The topological polar surface area (TPSA) is 15.6 Å². The van der Waals surface area contributed by atoms with Gasteiger partial charge in [0.1, 0.15) is 6.17 Å². The van der Waals surface area contributed by atoms with Crippen LogP contribution in [0.5, 0.6) is 0 Å². The van der Waals surface area contributed by atoms with Crippen molar-refractivity contribution >= 4 is 32.8 Å². The van der Waals surface area contributed by atoms with Crippen molar-refractivity contribution in [3.63, 3.8) is 0 Å². The van der Waals surface area contributed by atoms with Crippen molar-refractivity contribution in [1.29, 1.82) is 0 Å². The molecule has 0 aliphatic carbocycles. The smallest absolute Gasteiger partial charge is 0.102 e. The number of hydrogen-bond donors (Lipinski definition) is 0. The zero-order valence-corrected chi connectivity index (χ0v) is 25.7. The number of aliphatic imine (C=N–C) groups is 1. The maximum absolute atomic E-state index is 5.28. The summed E-state index contributed by atoms with van der Waals surface area (Å²) in [5.41, 5.74) is 7.06. The van der Waals surface area contributed by atoms with E-state index in [1.54, 1.807) is 0 Å².